The Balaban J connectivity index is 6.20. The van der Waals surface area contributed by atoms with E-state index >= 15 is 0 Å². The zero-order valence-corrected chi connectivity index (χ0v) is 20.1. The lowest BCUT2D eigenvalue weighted by atomic mass is 9.78. The van der Waals surface area contributed by atoms with E-state index < -0.39 is 34.4 Å². The van der Waals surface area contributed by atoms with Crippen molar-refractivity contribution in [2.45, 2.75) is 79.7 Å². The molecular formula is C18H37NO4Si2. The number of ether oxygens (including phenoxy) is 1. The van der Waals surface area contributed by atoms with Crippen LogP contribution >= 0.6 is 0 Å². The third-order valence-corrected chi connectivity index (χ3v) is 10.5. The zero-order valence-electron chi connectivity index (χ0n) is 17.9. The van der Waals surface area contributed by atoms with Gasteiger partial charge in [-0.2, -0.15) is 0 Å². The minimum atomic E-state index is -2.28. The molecule has 0 aromatic carbocycles. The van der Waals surface area contributed by atoms with Crippen LogP contribution in [0.5, 0.6) is 0 Å². The Kier molecular flexibility index (Phi) is 8.29. The fourth-order valence-electron chi connectivity index (χ4n) is 2.20. The molecule has 0 fully saturated rings. The van der Waals surface area contributed by atoms with E-state index in [2.05, 4.69) is 39.0 Å². The van der Waals surface area contributed by atoms with Crippen molar-refractivity contribution >= 4 is 34.2 Å². The van der Waals surface area contributed by atoms with Crippen LogP contribution < -0.4 is 0 Å². The molecule has 0 aliphatic rings. The minimum Gasteiger partial charge on any atom is -0.465 e. The van der Waals surface area contributed by atoms with Crippen molar-refractivity contribution < 1.29 is 18.9 Å². The summed E-state index contributed by atoms with van der Waals surface area (Å²) in [5.74, 6) is -1.60. The Morgan fingerprint density at radius 1 is 1.08 bits per heavy atom. The van der Waals surface area contributed by atoms with Crippen molar-refractivity contribution in [3.05, 3.63) is 0 Å². The van der Waals surface area contributed by atoms with E-state index in [-0.39, 0.29) is 17.4 Å². The highest BCUT2D eigenvalue weighted by molar-refractivity contribution is 7.15. The van der Waals surface area contributed by atoms with Crippen LogP contribution in [0, 0.1) is 11.3 Å². The molecule has 0 aromatic rings. The summed E-state index contributed by atoms with van der Waals surface area (Å²) in [6, 6.07) is 0. The molecule has 0 N–H and O–H groups in total. The van der Waals surface area contributed by atoms with Gasteiger partial charge in [-0.3, -0.25) is 9.59 Å². The first-order valence-corrected chi connectivity index (χ1v) is 14.8. The molecule has 0 bridgehead atoms. The van der Waals surface area contributed by atoms with Crippen LogP contribution in [-0.2, 0) is 18.9 Å². The molecule has 0 saturated heterocycles. The summed E-state index contributed by atoms with van der Waals surface area (Å²) in [5, 5.41) is 4.68. The molecule has 0 amide bonds. The molecule has 0 spiro atoms. The first-order valence-electron chi connectivity index (χ1n) is 9.02. The van der Waals surface area contributed by atoms with Crippen molar-refractivity contribution in [3.8, 4) is 0 Å². The number of carbonyl (C=O) groups excluding carboxylic acids is 2. The second-order valence-electron chi connectivity index (χ2n) is 9.38. The van der Waals surface area contributed by atoms with E-state index in [1.54, 1.807) is 6.92 Å². The standard InChI is InChI=1S/C18H37NO4Si2/c1-12-22-16(21)13(17(2,3)4)14(20)15(19-23-24(8)9)25(10,11)18(5,6)7/h13,24H,12H2,1-11H3. The van der Waals surface area contributed by atoms with Gasteiger partial charge < -0.3 is 9.26 Å². The van der Waals surface area contributed by atoms with Gasteiger partial charge in [-0.25, -0.2) is 0 Å². The Labute approximate surface area is 156 Å². The van der Waals surface area contributed by atoms with E-state index in [4.69, 9.17) is 9.26 Å². The van der Waals surface area contributed by atoms with Gasteiger partial charge in [-0.1, -0.05) is 54.6 Å². The van der Waals surface area contributed by atoms with Gasteiger partial charge in [0.2, 0.25) is 0 Å². The maximum absolute atomic E-state index is 13.5. The van der Waals surface area contributed by atoms with Gasteiger partial charge in [0.25, 0.3) is 9.04 Å². The molecule has 25 heavy (non-hydrogen) atoms. The summed E-state index contributed by atoms with van der Waals surface area (Å²) in [4.78, 5) is 26.0. The number of carbonyl (C=O) groups is 2. The van der Waals surface area contributed by atoms with Crippen LogP contribution in [-0.4, -0.2) is 40.8 Å². The van der Waals surface area contributed by atoms with E-state index in [1.165, 1.54) is 0 Å². The molecule has 1 atom stereocenters. The Bertz CT molecular complexity index is 514. The summed E-state index contributed by atoms with van der Waals surface area (Å²) in [6.45, 7) is 22.2. The summed E-state index contributed by atoms with van der Waals surface area (Å²) >= 11 is 0. The first kappa shape index (κ1) is 24.0. The lowest BCUT2D eigenvalue weighted by Gasteiger charge is -2.38. The van der Waals surface area contributed by atoms with Gasteiger partial charge in [0, 0.05) is 0 Å². The van der Waals surface area contributed by atoms with Crippen molar-refractivity contribution in [2.24, 2.45) is 16.5 Å². The number of oxime groups is 1. The van der Waals surface area contributed by atoms with Gasteiger partial charge in [0.05, 0.1) is 6.61 Å². The van der Waals surface area contributed by atoms with Gasteiger partial charge in [0.1, 0.15) is 19.3 Å². The van der Waals surface area contributed by atoms with Crippen molar-refractivity contribution in [2.75, 3.05) is 6.61 Å². The molecule has 0 rings (SSSR count). The fraction of sp³-hybridized carbons (Fsp3) is 0.833. The highest BCUT2D eigenvalue weighted by Gasteiger charge is 2.49. The van der Waals surface area contributed by atoms with Gasteiger partial charge >= 0.3 is 5.97 Å². The molecule has 0 aliphatic carbocycles. The van der Waals surface area contributed by atoms with Crippen LogP contribution in [0.1, 0.15) is 48.5 Å². The summed E-state index contributed by atoms with van der Waals surface area (Å²) < 4.78 is 10.8. The number of Topliss-reactive ketones (excluding diaryl/α,β-unsaturated/α-hetero) is 1. The fourth-order valence-corrected chi connectivity index (χ4v) is 4.37. The number of hydrogen-bond acceptors (Lipinski definition) is 5. The third-order valence-electron chi connectivity index (χ3n) is 4.71. The van der Waals surface area contributed by atoms with E-state index in [1.807, 2.05) is 33.9 Å². The topological polar surface area (TPSA) is 65.0 Å². The lowest BCUT2D eigenvalue weighted by molar-refractivity contribution is -0.154. The smallest absolute Gasteiger partial charge is 0.317 e. The van der Waals surface area contributed by atoms with Crippen LogP contribution in [0.4, 0.5) is 0 Å². The Morgan fingerprint density at radius 2 is 1.56 bits per heavy atom. The molecule has 1 unspecified atom stereocenters. The number of hydrogen-bond donors (Lipinski definition) is 0. The SMILES string of the molecule is CCOC(=O)C(C(=O)C(=NO[SiH](C)C)[Si](C)(C)C(C)(C)C)C(C)(C)C. The molecule has 0 saturated carbocycles. The molecular weight excluding hydrogens is 350 g/mol. The average molecular weight is 388 g/mol. The second kappa shape index (κ2) is 8.62. The molecule has 146 valence electrons. The second-order valence-corrected chi connectivity index (χ2v) is 16.9. The Hall–Kier alpha value is -0.956. The predicted molar refractivity (Wildman–Crippen MR) is 109 cm³/mol. The quantitative estimate of drug-likeness (QED) is 0.216. The maximum atomic E-state index is 13.5. The molecule has 0 aromatic heterocycles. The predicted octanol–water partition coefficient (Wildman–Crippen LogP) is 4.18. The number of ketones is 1. The molecule has 0 radical (unpaired) electrons. The summed E-state index contributed by atoms with van der Waals surface area (Å²) in [5.41, 5.74) is -0.554. The lowest BCUT2D eigenvalue weighted by Crippen LogP contribution is -2.54. The monoisotopic (exact) mass is 387 g/mol. The van der Waals surface area contributed by atoms with Crippen LogP contribution in [0.2, 0.25) is 31.2 Å². The molecule has 0 aliphatic heterocycles. The third kappa shape index (κ3) is 6.36. The highest BCUT2D eigenvalue weighted by atomic mass is 28.3. The van der Waals surface area contributed by atoms with Crippen molar-refractivity contribution in [3.63, 3.8) is 0 Å². The largest absolute Gasteiger partial charge is 0.465 e. The van der Waals surface area contributed by atoms with Gasteiger partial charge in [0.15, 0.2) is 5.78 Å². The number of rotatable bonds is 7. The van der Waals surface area contributed by atoms with Crippen LogP contribution in [0.3, 0.4) is 0 Å². The molecule has 7 heteroatoms. The number of nitrogens with zero attached hydrogens (tertiary/aromatic N) is 1. The highest BCUT2D eigenvalue weighted by Crippen LogP contribution is 2.39. The zero-order chi connectivity index (χ0) is 20.2. The normalized spacial score (nSPS) is 15.1. The van der Waals surface area contributed by atoms with Crippen LogP contribution in [0.25, 0.3) is 0 Å². The molecule has 5 nitrogen and oxygen atoms in total. The van der Waals surface area contributed by atoms with Gasteiger partial charge in [-0.15, -0.1) is 5.16 Å². The van der Waals surface area contributed by atoms with E-state index in [9.17, 15) is 9.59 Å². The summed E-state index contributed by atoms with van der Waals surface area (Å²) in [7, 11) is -3.72. The maximum Gasteiger partial charge on any atom is 0.317 e. The minimum absolute atomic E-state index is 0.0967. The summed E-state index contributed by atoms with van der Waals surface area (Å²) in [6.07, 6.45) is 0. The van der Waals surface area contributed by atoms with Gasteiger partial charge in [-0.05, 0) is 30.5 Å². The van der Waals surface area contributed by atoms with E-state index in [0.717, 1.165) is 0 Å². The average Bonchev–Trinajstić information content (AvgIpc) is 2.35. The first-order chi connectivity index (χ1) is 11.1. The van der Waals surface area contributed by atoms with Crippen molar-refractivity contribution in [1.82, 2.24) is 0 Å². The Morgan fingerprint density at radius 3 is 1.88 bits per heavy atom. The van der Waals surface area contributed by atoms with E-state index in [0.29, 0.717) is 5.33 Å². The van der Waals surface area contributed by atoms with Crippen molar-refractivity contribution in [1.29, 1.82) is 0 Å². The molecule has 0 heterocycles. The number of esters is 1. The van der Waals surface area contributed by atoms with Crippen LogP contribution in [0.15, 0.2) is 5.16 Å².